The Morgan fingerprint density at radius 3 is 2.20 bits per heavy atom. The van der Waals surface area contributed by atoms with Crippen molar-refractivity contribution in [2.75, 3.05) is 5.32 Å². The second kappa shape index (κ2) is 7.77. The summed E-state index contributed by atoms with van der Waals surface area (Å²) in [4.78, 5) is 12.8. The Bertz CT molecular complexity index is 908. The molecule has 0 radical (unpaired) electrons. The molecule has 4 heteroatoms. The van der Waals surface area contributed by atoms with Crippen molar-refractivity contribution in [3.05, 3.63) is 101 Å². The quantitative estimate of drug-likeness (QED) is 0.477. The molecule has 0 aliphatic rings. The van der Waals surface area contributed by atoms with Gasteiger partial charge in [-0.15, -0.1) is 0 Å². The largest absolute Gasteiger partial charge is 0.322 e. The van der Waals surface area contributed by atoms with Crippen LogP contribution in [0.25, 0.3) is 11.6 Å². The Morgan fingerprint density at radius 1 is 0.920 bits per heavy atom. The molecule has 0 saturated carbocycles. The predicted molar refractivity (Wildman–Crippen MR) is 101 cm³/mol. The van der Waals surface area contributed by atoms with Crippen molar-refractivity contribution in [1.82, 2.24) is 0 Å². The molecule has 0 aliphatic heterocycles. The van der Waals surface area contributed by atoms with Gasteiger partial charge in [0.1, 0.15) is 5.82 Å². The Morgan fingerprint density at radius 2 is 1.56 bits per heavy atom. The van der Waals surface area contributed by atoms with Crippen molar-refractivity contribution in [3.8, 4) is 0 Å². The first-order valence-electron chi connectivity index (χ1n) is 7.72. The molecule has 0 aromatic heterocycles. The number of halogens is 2. The number of hydrogen-bond donors (Lipinski definition) is 1. The van der Waals surface area contributed by atoms with Gasteiger partial charge in [-0.1, -0.05) is 72.3 Å². The van der Waals surface area contributed by atoms with Crippen molar-refractivity contribution in [1.29, 1.82) is 0 Å². The highest BCUT2D eigenvalue weighted by Crippen LogP contribution is 2.23. The second-order valence-corrected chi connectivity index (χ2v) is 5.82. The second-order valence-electron chi connectivity index (χ2n) is 5.42. The van der Waals surface area contributed by atoms with Crippen LogP contribution in [0.1, 0.15) is 11.1 Å². The smallest absolute Gasteiger partial charge is 0.256 e. The van der Waals surface area contributed by atoms with E-state index in [0.29, 0.717) is 11.3 Å². The zero-order valence-corrected chi connectivity index (χ0v) is 14.0. The van der Waals surface area contributed by atoms with Gasteiger partial charge >= 0.3 is 0 Å². The van der Waals surface area contributed by atoms with Crippen molar-refractivity contribution in [3.63, 3.8) is 0 Å². The van der Waals surface area contributed by atoms with Crippen molar-refractivity contribution < 1.29 is 9.18 Å². The van der Waals surface area contributed by atoms with Gasteiger partial charge in [0.2, 0.25) is 0 Å². The van der Waals surface area contributed by atoms with E-state index in [1.165, 1.54) is 18.2 Å². The highest BCUT2D eigenvalue weighted by molar-refractivity contribution is 6.32. The first-order chi connectivity index (χ1) is 12.1. The monoisotopic (exact) mass is 351 g/mol. The molecule has 0 heterocycles. The summed E-state index contributed by atoms with van der Waals surface area (Å²) in [5.74, 6) is -0.819. The minimum absolute atomic E-state index is 0.0360. The summed E-state index contributed by atoms with van der Waals surface area (Å²) in [5.41, 5.74) is 2.64. The van der Waals surface area contributed by atoms with E-state index < -0.39 is 5.82 Å². The van der Waals surface area contributed by atoms with E-state index in [-0.39, 0.29) is 10.9 Å². The fourth-order valence-electron chi connectivity index (χ4n) is 2.39. The van der Waals surface area contributed by atoms with Crippen molar-refractivity contribution >= 4 is 34.8 Å². The Balaban J connectivity index is 1.95. The Labute approximate surface area is 150 Å². The molecule has 1 amide bonds. The molecule has 3 aromatic carbocycles. The molecular formula is C21H15ClFNO. The lowest BCUT2D eigenvalue weighted by Gasteiger charge is -2.10. The maximum Gasteiger partial charge on any atom is 0.256 e. The number of carbonyl (C=O) groups is 1. The van der Waals surface area contributed by atoms with Crippen LogP contribution in [-0.4, -0.2) is 5.91 Å². The number of nitrogens with one attached hydrogen (secondary N) is 1. The van der Waals surface area contributed by atoms with Gasteiger partial charge in [-0.05, 0) is 35.4 Å². The van der Waals surface area contributed by atoms with Gasteiger partial charge in [-0.25, -0.2) is 4.39 Å². The summed E-state index contributed by atoms with van der Waals surface area (Å²) >= 11 is 5.78. The number of anilines is 1. The number of benzene rings is 3. The molecule has 0 bridgehead atoms. The summed E-state index contributed by atoms with van der Waals surface area (Å²) in [7, 11) is 0. The topological polar surface area (TPSA) is 29.1 Å². The van der Waals surface area contributed by atoms with Crippen LogP contribution < -0.4 is 5.32 Å². The third-order valence-electron chi connectivity index (χ3n) is 3.62. The summed E-state index contributed by atoms with van der Waals surface area (Å²) in [6.45, 7) is 0. The predicted octanol–water partition coefficient (Wildman–Crippen LogP) is 5.66. The average Bonchev–Trinajstić information content (AvgIpc) is 2.64. The van der Waals surface area contributed by atoms with E-state index in [2.05, 4.69) is 5.32 Å². The van der Waals surface area contributed by atoms with Gasteiger partial charge in [0.25, 0.3) is 5.91 Å². The molecule has 0 spiro atoms. The zero-order valence-electron chi connectivity index (χ0n) is 13.2. The van der Waals surface area contributed by atoms with Crippen LogP contribution in [-0.2, 0) is 4.79 Å². The molecule has 0 aliphatic carbocycles. The van der Waals surface area contributed by atoms with Crippen LogP contribution in [0.2, 0.25) is 5.02 Å². The van der Waals surface area contributed by atoms with Crippen LogP contribution in [0.4, 0.5) is 10.1 Å². The van der Waals surface area contributed by atoms with Crippen LogP contribution in [0, 0.1) is 5.82 Å². The van der Waals surface area contributed by atoms with E-state index in [1.807, 2.05) is 66.7 Å². The number of amides is 1. The van der Waals surface area contributed by atoms with Crippen LogP contribution >= 0.6 is 11.6 Å². The van der Waals surface area contributed by atoms with Gasteiger partial charge in [0, 0.05) is 11.3 Å². The normalized spacial score (nSPS) is 11.2. The molecule has 0 atom stereocenters. The third kappa shape index (κ3) is 4.34. The summed E-state index contributed by atoms with van der Waals surface area (Å²) in [6, 6.07) is 23.0. The molecular weight excluding hydrogens is 337 g/mol. The summed E-state index contributed by atoms with van der Waals surface area (Å²) in [6.07, 6.45) is 1.82. The molecule has 3 aromatic rings. The number of rotatable bonds is 4. The van der Waals surface area contributed by atoms with Gasteiger partial charge in [-0.2, -0.15) is 0 Å². The molecule has 2 nitrogen and oxygen atoms in total. The first-order valence-corrected chi connectivity index (χ1v) is 8.10. The molecule has 0 fully saturated rings. The van der Waals surface area contributed by atoms with Crippen molar-refractivity contribution in [2.24, 2.45) is 0 Å². The SMILES string of the molecule is O=C(Nc1ccc(F)c(Cl)c1)/C(=C/c1ccccc1)c1ccccc1. The molecule has 25 heavy (non-hydrogen) atoms. The minimum Gasteiger partial charge on any atom is -0.322 e. The number of carbonyl (C=O) groups excluding carboxylic acids is 1. The lowest BCUT2D eigenvalue weighted by molar-refractivity contribution is -0.111. The molecule has 0 unspecified atom stereocenters. The van der Waals surface area contributed by atoms with Crippen LogP contribution in [0.3, 0.4) is 0 Å². The van der Waals surface area contributed by atoms with Gasteiger partial charge in [0.05, 0.1) is 5.02 Å². The zero-order chi connectivity index (χ0) is 17.6. The van der Waals surface area contributed by atoms with E-state index >= 15 is 0 Å². The number of hydrogen-bond acceptors (Lipinski definition) is 1. The molecule has 1 N–H and O–H groups in total. The standard InChI is InChI=1S/C21H15ClFNO/c22-19-14-17(11-12-20(19)23)24-21(25)18(16-9-5-2-6-10-16)13-15-7-3-1-4-8-15/h1-14H,(H,24,25)/b18-13+. The van der Waals surface area contributed by atoms with E-state index in [0.717, 1.165) is 11.1 Å². The molecule has 3 rings (SSSR count). The Kier molecular flexibility index (Phi) is 5.26. The highest BCUT2D eigenvalue weighted by atomic mass is 35.5. The highest BCUT2D eigenvalue weighted by Gasteiger charge is 2.13. The molecule has 124 valence electrons. The lowest BCUT2D eigenvalue weighted by atomic mass is 10.0. The fraction of sp³-hybridized carbons (Fsp3) is 0. The van der Waals surface area contributed by atoms with Gasteiger partial charge < -0.3 is 5.32 Å². The molecule has 0 saturated heterocycles. The summed E-state index contributed by atoms with van der Waals surface area (Å²) < 4.78 is 13.3. The van der Waals surface area contributed by atoms with Crippen molar-refractivity contribution in [2.45, 2.75) is 0 Å². The maximum atomic E-state index is 13.3. The lowest BCUT2D eigenvalue weighted by Crippen LogP contribution is -2.13. The third-order valence-corrected chi connectivity index (χ3v) is 3.91. The van der Waals surface area contributed by atoms with E-state index in [4.69, 9.17) is 11.6 Å². The first kappa shape index (κ1) is 16.9. The minimum atomic E-state index is -0.525. The van der Waals surface area contributed by atoms with Gasteiger partial charge in [-0.3, -0.25) is 4.79 Å². The van der Waals surface area contributed by atoms with Crippen LogP contribution in [0.15, 0.2) is 78.9 Å². The summed E-state index contributed by atoms with van der Waals surface area (Å²) in [5, 5.41) is 2.73. The maximum absolute atomic E-state index is 13.3. The van der Waals surface area contributed by atoms with Crippen LogP contribution in [0.5, 0.6) is 0 Å². The van der Waals surface area contributed by atoms with E-state index in [9.17, 15) is 9.18 Å². The average molecular weight is 352 g/mol. The van der Waals surface area contributed by atoms with E-state index in [1.54, 1.807) is 0 Å². The van der Waals surface area contributed by atoms with Gasteiger partial charge in [0.15, 0.2) is 0 Å². The fourth-order valence-corrected chi connectivity index (χ4v) is 2.57. The Hall–Kier alpha value is -2.91.